The van der Waals surface area contributed by atoms with E-state index in [9.17, 15) is 0 Å². The number of hydrogen-bond donors (Lipinski definition) is 1. The number of nitrogens with zero attached hydrogens (tertiary/aromatic N) is 3. The van der Waals surface area contributed by atoms with Gasteiger partial charge >= 0.3 is 0 Å². The Morgan fingerprint density at radius 1 is 1.50 bits per heavy atom. The van der Waals surface area contributed by atoms with Gasteiger partial charge in [0.05, 0.1) is 11.3 Å². The maximum atomic E-state index is 9.04. The first-order valence-corrected chi connectivity index (χ1v) is 6.41. The van der Waals surface area contributed by atoms with Crippen molar-refractivity contribution in [3.63, 3.8) is 0 Å². The summed E-state index contributed by atoms with van der Waals surface area (Å²) in [5, 5.41) is 12.3. The van der Waals surface area contributed by atoms with Crippen LogP contribution < -0.4 is 5.32 Å². The van der Waals surface area contributed by atoms with Gasteiger partial charge in [0, 0.05) is 30.0 Å². The van der Waals surface area contributed by atoms with E-state index in [1.165, 1.54) is 0 Å². The van der Waals surface area contributed by atoms with Crippen LogP contribution in [0.3, 0.4) is 0 Å². The van der Waals surface area contributed by atoms with Crippen LogP contribution >= 0.6 is 15.9 Å². The summed E-state index contributed by atoms with van der Waals surface area (Å²) in [4.78, 5) is 4.16. The Bertz CT molecular complexity index is 583. The van der Waals surface area contributed by atoms with E-state index < -0.39 is 0 Å². The van der Waals surface area contributed by atoms with Crippen LogP contribution in [0.2, 0.25) is 0 Å². The number of benzene rings is 1. The van der Waals surface area contributed by atoms with Crippen molar-refractivity contribution in [2.24, 2.45) is 0 Å². The van der Waals surface area contributed by atoms with E-state index in [1.807, 2.05) is 31.3 Å². The molecule has 4 nitrogen and oxygen atoms in total. The molecule has 5 heteroatoms. The number of anilines is 1. The average molecular weight is 305 g/mol. The highest BCUT2D eigenvalue weighted by molar-refractivity contribution is 9.10. The van der Waals surface area contributed by atoms with Gasteiger partial charge in [-0.1, -0.05) is 15.9 Å². The lowest BCUT2D eigenvalue weighted by molar-refractivity contribution is 0.701. The topological polar surface area (TPSA) is 53.6 Å². The highest BCUT2D eigenvalue weighted by atomic mass is 79.9. The van der Waals surface area contributed by atoms with Crippen LogP contribution in [0, 0.1) is 18.3 Å². The minimum atomic E-state index is 0.645. The summed E-state index contributed by atoms with van der Waals surface area (Å²) in [5.74, 6) is 0.994. The third-order valence-corrected chi connectivity index (χ3v) is 3.19. The van der Waals surface area contributed by atoms with E-state index >= 15 is 0 Å². The molecule has 0 bridgehead atoms. The Morgan fingerprint density at radius 2 is 2.33 bits per heavy atom. The molecule has 0 atom stereocenters. The number of rotatable bonds is 4. The van der Waals surface area contributed by atoms with Crippen LogP contribution in [0.5, 0.6) is 0 Å². The van der Waals surface area contributed by atoms with E-state index in [-0.39, 0.29) is 0 Å². The molecule has 0 spiro atoms. The fourth-order valence-electron chi connectivity index (χ4n) is 1.71. The maximum Gasteiger partial charge on any atom is 0.105 e. The van der Waals surface area contributed by atoms with Gasteiger partial charge in [-0.2, -0.15) is 5.26 Å². The van der Waals surface area contributed by atoms with Crippen molar-refractivity contribution in [3.05, 3.63) is 46.5 Å². The molecular formula is C13H13BrN4. The van der Waals surface area contributed by atoms with Crippen molar-refractivity contribution in [2.45, 2.75) is 13.5 Å². The van der Waals surface area contributed by atoms with Crippen LogP contribution in [0.1, 0.15) is 11.4 Å². The van der Waals surface area contributed by atoms with E-state index in [0.717, 1.165) is 29.1 Å². The van der Waals surface area contributed by atoms with E-state index in [2.05, 4.69) is 36.9 Å². The zero-order chi connectivity index (χ0) is 13.0. The average Bonchev–Trinajstić information content (AvgIpc) is 2.77. The van der Waals surface area contributed by atoms with Crippen LogP contribution in [0.15, 0.2) is 35.1 Å². The first kappa shape index (κ1) is 12.7. The second-order valence-electron chi connectivity index (χ2n) is 3.90. The third-order valence-electron chi connectivity index (χ3n) is 2.69. The molecule has 0 aliphatic rings. The molecule has 0 amide bonds. The number of hydrogen-bond acceptors (Lipinski definition) is 3. The molecule has 2 rings (SSSR count). The van der Waals surface area contributed by atoms with Gasteiger partial charge in [-0.15, -0.1) is 0 Å². The van der Waals surface area contributed by atoms with Crippen molar-refractivity contribution < 1.29 is 0 Å². The molecule has 92 valence electrons. The summed E-state index contributed by atoms with van der Waals surface area (Å²) in [5.41, 5.74) is 1.50. The van der Waals surface area contributed by atoms with E-state index in [1.54, 1.807) is 6.20 Å². The monoisotopic (exact) mass is 304 g/mol. The van der Waals surface area contributed by atoms with E-state index in [0.29, 0.717) is 5.56 Å². The second kappa shape index (κ2) is 5.69. The lowest BCUT2D eigenvalue weighted by atomic mass is 10.2. The van der Waals surface area contributed by atoms with Crippen molar-refractivity contribution in [2.75, 3.05) is 11.9 Å². The van der Waals surface area contributed by atoms with Crippen molar-refractivity contribution in [1.82, 2.24) is 9.55 Å². The molecule has 1 N–H and O–H groups in total. The lowest BCUT2D eigenvalue weighted by Crippen LogP contribution is -2.11. The molecule has 0 unspecified atom stereocenters. The normalized spacial score (nSPS) is 10.1. The van der Waals surface area contributed by atoms with Gasteiger partial charge in [0.25, 0.3) is 0 Å². The SMILES string of the molecule is Cc1nccn1CCNc1ccc(Br)cc1C#N. The molecule has 0 aliphatic carbocycles. The largest absolute Gasteiger partial charge is 0.382 e. The molecule has 1 heterocycles. The Morgan fingerprint density at radius 3 is 3.00 bits per heavy atom. The first-order chi connectivity index (χ1) is 8.70. The molecule has 2 aromatic rings. The maximum absolute atomic E-state index is 9.04. The second-order valence-corrected chi connectivity index (χ2v) is 4.81. The Kier molecular flexibility index (Phi) is 4.00. The predicted octanol–water partition coefficient (Wildman–Crippen LogP) is 2.94. The van der Waals surface area contributed by atoms with Crippen LogP contribution in [-0.2, 0) is 6.54 Å². The number of aryl methyl sites for hydroxylation is 1. The van der Waals surface area contributed by atoms with Gasteiger partial charge in [-0.3, -0.25) is 0 Å². The van der Waals surface area contributed by atoms with Crippen molar-refractivity contribution in [1.29, 1.82) is 5.26 Å². The van der Waals surface area contributed by atoms with Crippen LogP contribution in [0.25, 0.3) is 0 Å². The van der Waals surface area contributed by atoms with Crippen LogP contribution in [-0.4, -0.2) is 16.1 Å². The molecule has 0 aliphatic heterocycles. The quantitative estimate of drug-likeness (QED) is 0.945. The van der Waals surface area contributed by atoms with Crippen molar-refractivity contribution >= 4 is 21.6 Å². The molecule has 0 saturated carbocycles. The predicted molar refractivity (Wildman–Crippen MR) is 74.3 cm³/mol. The zero-order valence-electron chi connectivity index (χ0n) is 10.0. The fourth-order valence-corrected chi connectivity index (χ4v) is 2.08. The van der Waals surface area contributed by atoms with Gasteiger partial charge in [0.1, 0.15) is 11.9 Å². The Balaban J connectivity index is 1.99. The van der Waals surface area contributed by atoms with Gasteiger partial charge in [0.15, 0.2) is 0 Å². The minimum Gasteiger partial charge on any atom is -0.382 e. The Hall–Kier alpha value is -1.80. The molecule has 1 aromatic carbocycles. The van der Waals surface area contributed by atoms with Gasteiger partial charge in [0.2, 0.25) is 0 Å². The standard InChI is InChI=1S/C13H13BrN4/c1-10-16-4-6-18(10)7-5-17-13-3-2-12(14)8-11(13)9-15/h2-4,6,8,17H,5,7H2,1H3. The molecule has 0 radical (unpaired) electrons. The Labute approximate surface area is 114 Å². The first-order valence-electron chi connectivity index (χ1n) is 5.62. The summed E-state index contributed by atoms with van der Waals surface area (Å²) in [6.07, 6.45) is 3.74. The highest BCUT2D eigenvalue weighted by Gasteiger charge is 2.02. The number of nitriles is 1. The third kappa shape index (κ3) is 2.90. The molecule has 18 heavy (non-hydrogen) atoms. The van der Waals surface area contributed by atoms with Gasteiger partial charge in [-0.05, 0) is 25.1 Å². The summed E-state index contributed by atoms with van der Waals surface area (Å²) < 4.78 is 2.98. The zero-order valence-corrected chi connectivity index (χ0v) is 11.6. The number of aromatic nitrogens is 2. The molecule has 0 fully saturated rings. The fraction of sp³-hybridized carbons (Fsp3) is 0.231. The molecule has 1 aromatic heterocycles. The van der Waals surface area contributed by atoms with E-state index in [4.69, 9.17) is 5.26 Å². The summed E-state index contributed by atoms with van der Waals surface area (Å²) in [6.45, 7) is 3.56. The summed E-state index contributed by atoms with van der Waals surface area (Å²) >= 11 is 3.36. The summed E-state index contributed by atoms with van der Waals surface area (Å²) in [6, 6.07) is 7.82. The van der Waals surface area contributed by atoms with Gasteiger partial charge in [-0.25, -0.2) is 4.98 Å². The number of nitrogens with one attached hydrogen (secondary N) is 1. The minimum absolute atomic E-state index is 0.645. The van der Waals surface area contributed by atoms with Crippen LogP contribution in [0.4, 0.5) is 5.69 Å². The van der Waals surface area contributed by atoms with Crippen molar-refractivity contribution in [3.8, 4) is 6.07 Å². The smallest absolute Gasteiger partial charge is 0.105 e. The van der Waals surface area contributed by atoms with Gasteiger partial charge < -0.3 is 9.88 Å². The molecule has 0 saturated heterocycles. The number of imidazole rings is 1. The highest BCUT2D eigenvalue weighted by Crippen LogP contribution is 2.20. The number of halogens is 1. The lowest BCUT2D eigenvalue weighted by Gasteiger charge is -2.09. The molecular weight excluding hydrogens is 292 g/mol. The summed E-state index contributed by atoms with van der Waals surface area (Å²) in [7, 11) is 0.